The van der Waals surface area contributed by atoms with Gasteiger partial charge in [0.2, 0.25) is 0 Å². The summed E-state index contributed by atoms with van der Waals surface area (Å²) in [4.78, 5) is 23.8. The third-order valence-corrected chi connectivity index (χ3v) is 2.69. The summed E-state index contributed by atoms with van der Waals surface area (Å²) in [6.45, 7) is 3.23. The molecule has 0 aliphatic heterocycles. The first-order valence-corrected chi connectivity index (χ1v) is 5.12. The van der Waals surface area contributed by atoms with Crippen LogP contribution in [0, 0.1) is 0 Å². The van der Waals surface area contributed by atoms with E-state index in [1.54, 1.807) is 6.07 Å². The molecular formula is C11H16N2O4. The first-order valence-electron chi connectivity index (χ1n) is 5.12. The van der Waals surface area contributed by atoms with Gasteiger partial charge in [-0.05, 0) is 19.9 Å². The van der Waals surface area contributed by atoms with Crippen molar-refractivity contribution in [3.05, 3.63) is 24.2 Å². The average molecular weight is 240 g/mol. The highest BCUT2D eigenvalue weighted by atomic mass is 16.4. The van der Waals surface area contributed by atoms with E-state index in [0.717, 1.165) is 10.5 Å². The summed E-state index contributed by atoms with van der Waals surface area (Å²) in [5, 5.41) is 11.6. The van der Waals surface area contributed by atoms with Gasteiger partial charge in [0.25, 0.3) is 0 Å². The molecule has 0 radical (unpaired) electrons. The molecule has 0 fully saturated rings. The molecule has 0 unspecified atom stereocenters. The molecule has 1 aromatic heterocycles. The molecule has 94 valence electrons. The number of rotatable bonds is 4. The van der Waals surface area contributed by atoms with Crippen molar-refractivity contribution in [3.63, 3.8) is 0 Å². The highest BCUT2D eigenvalue weighted by Crippen LogP contribution is 2.12. The van der Waals surface area contributed by atoms with Gasteiger partial charge in [-0.15, -0.1) is 0 Å². The van der Waals surface area contributed by atoms with E-state index in [2.05, 4.69) is 5.32 Å². The Kier molecular flexibility index (Phi) is 3.77. The number of hydrogen-bond acceptors (Lipinski definition) is 3. The Bertz CT molecular complexity index is 398. The smallest absolute Gasteiger partial charge is 0.329 e. The maximum absolute atomic E-state index is 11.7. The molecule has 2 amide bonds. The minimum atomic E-state index is -1.25. The Balaban J connectivity index is 2.56. The van der Waals surface area contributed by atoms with Crippen LogP contribution in [0.5, 0.6) is 0 Å². The lowest BCUT2D eigenvalue weighted by molar-refractivity contribution is -0.146. The number of carboxylic acid groups (broad SMARTS) is 1. The van der Waals surface area contributed by atoms with Gasteiger partial charge in [0, 0.05) is 19.2 Å². The Morgan fingerprint density at radius 3 is 2.65 bits per heavy atom. The van der Waals surface area contributed by atoms with Crippen molar-refractivity contribution in [1.82, 2.24) is 10.2 Å². The standard InChI is InChI=1S/C11H16N2O4/c1-11(2,9(14)15)13(3)10(16)12-6-8-4-5-17-7-8/h4-5,7H,6H2,1-3H3,(H,12,16)(H,14,15). The molecule has 0 spiro atoms. The third kappa shape index (κ3) is 2.99. The number of carboxylic acids is 1. The number of carbonyl (C=O) groups excluding carboxylic acids is 1. The van der Waals surface area contributed by atoms with E-state index in [0.29, 0.717) is 6.54 Å². The van der Waals surface area contributed by atoms with Gasteiger partial charge in [0.05, 0.1) is 12.5 Å². The van der Waals surface area contributed by atoms with Crippen molar-refractivity contribution in [3.8, 4) is 0 Å². The fourth-order valence-corrected chi connectivity index (χ4v) is 1.09. The molecule has 0 saturated heterocycles. The molecule has 17 heavy (non-hydrogen) atoms. The first kappa shape index (κ1) is 13.1. The zero-order valence-corrected chi connectivity index (χ0v) is 10.1. The number of carbonyl (C=O) groups is 2. The fourth-order valence-electron chi connectivity index (χ4n) is 1.09. The number of furan rings is 1. The summed E-state index contributed by atoms with van der Waals surface area (Å²) in [6.07, 6.45) is 3.02. The number of likely N-dealkylation sites (N-methyl/N-ethyl adjacent to an activating group) is 1. The highest BCUT2D eigenvalue weighted by Gasteiger charge is 2.35. The average Bonchev–Trinajstić information content (AvgIpc) is 2.77. The summed E-state index contributed by atoms with van der Waals surface area (Å²) in [5.41, 5.74) is -0.430. The zero-order valence-electron chi connectivity index (χ0n) is 10.1. The summed E-state index contributed by atoms with van der Waals surface area (Å²) in [6, 6.07) is 1.28. The van der Waals surface area contributed by atoms with Crippen LogP contribution in [0.2, 0.25) is 0 Å². The molecule has 0 saturated carbocycles. The van der Waals surface area contributed by atoms with Gasteiger partial charge in [-0.2, -0.15) is 0 Å². The highest BCUT2D eigenvalue weighted by molar-refractivity contribution is 5.85. The largest absolute Gasteiger partial charge is 0.480 e. The molecule has 1 aromatic rings. The molecule has 6 heteroatoms. The summed E-state index contributed by atoms with van der Waals surface area (Å²) in [7, 11) is 1.44. The van der Waals surface area contributed by atoms with Crippen LogP contribution in [-0.4, -0.2) is 34.6 Å². The van der Waals surface area contributed by atoms with Gasteiger partial charge in [0.15, 0.2) is 0 Å². The predicted octanol–water partition coefficient (Wildman–Crippen LogP) is 1.28. The predicted molar refractivity (Wildman–Crippen MR) is 60.4 cm³/mol. The SMILES string of the molecule is CN(C(=O)NCc1ccoc1)C(C)(C)C(=O)O. The second-order valence-electron chi connectivity index (χ2n) is 4.21. The molecule has 0 bridgehead atoms. The van der Waals surface area contributed by atoms with Crippen molar-refractivity contribution in [2.75, 3.05) is 7.05 Å². The van der Waals surface area contributed by atoms with Crippen molar-refractivity contribution in [2.24, 2.45) is 0 Å². The van der Waals surface area contributed by atoms with Crippen LogP contribution in [0.15, 0.2) is 23.0 Å². The molecule has 1 rings (SSSR count). The molecule has 6 nitrogen and oxygen atoms in total. The second-order valence-corrected chi connectivity index (χ2v) is 4.21. The van der Waals surface area contributed by atoms with Crippen LogP contribution < -0.4 is 5.32 Å². The Morgan fingerprint density at radius 2 is 2.18 bits per heavy atom. The van der Waals surface area contributed by atoms with Crippen LogP contribution in [-0.2, 0) is 11.3 Å². The minimum Gasteiger partial charge on any atom is -0.480 e. The van der Waals surface area contributed by atoms with Crippen molar-refractivity contribution >= 4 is 12.0 Å². The van der Waals surface area contributed by atoms with Gasteiger partial charge >= 0.3 is 12.0 Å². The lowest BCUT2D eigenvalue weighted by Gasteiger charge is -2.31. The Labute approximate surface area is 99.2 Å². The van der Waals surface area contributed by atoms with Crippen LogP contribution in [0.1, 0.15) is 19.4 Å². The van der Waals surface area contributed by atoms with Gasteiger partial charge in [-0.1, -0.05) is 0 Å². The lowest BCUT2D eigenvalue weighted by Crippen LogP contribution is -2.53. The van der Waals surface area contributed by atoms with Gasteiger partial charge in [0.1, 0.15) is 5.54 Å². The lowest BCUT2D eigenvalue weighted by atomic mass is 10.1. The van der Waals surface area contributed by atoms with Crippen molar-refractivity contribution in [2.45, 2.75) is 25.9 Å². The van der Waals surface area contributed by atoms with E-state index in [9.17, 15) is 9.59 Å². The molecule has 0 aliphatic rings. The third-order valence-electron chi connectivity index (χ3n) is 2.69. The van der Waals surface area contributed by atoms with E-state index in [1.807, 2.05) is 0 Å². The van der Waals surface area contributed by atoms with Crippen molar-refractivity contribution < 1.29 is 19.1 Å². The fraction of sp³-hybridized carbons (Fsp3) is 0.455. The minimum absolute atomic E-state index is 0.301. The van der Waals surface area contributed by atoms with Crippen molar-refractivity contribution in [1.29, 1.82) is 0 Å². The monoisotopic (exact) mass is 240 g/mol. The van der Waals surface area contributed by atoms with Gasteiger partial charge in [-0.25, -0.2) is 9.59 Å². The van der Waals surface area contributed by atoms with Gasteiger partial charge in [-0.3, -0.25) is 0 Å². The molecule has 0 atom stereocenters. The number of nitrogens with zero attached hydrogens (tertiary/aromatic N) is 1. The van der Waals surface area contributed by atoms with E-state index in [-0.39, 0.29) is 0 Å². The zero-order chi connectivity index (χ0) is 13.1. The number of hydrogen-bond donors (Lipinski definition) is 2. The quantitative estimate of drug-likeness (QED) is 0.830. The number of nitrogens with one attached hydrogen (secondary N) is 1. The summed E-state index contributed by atoms with van der Waals surface area (Å²) >= 11 is 0. The number of aliphatic carboxylic acids is 1. The number of amides is 2. The van der Waals surface area contributed by atoms with Crippen LogP contribution in [0.4, 0.5) is 4.79 Å². The topological polar surface area (TPSA) is 82.8 Å². The molecule has 0 aliphatic carbocycles. The van der Waals surface area contributed by atoms with E-state index in [1.165, 1.54) is 33.4 Å². The van der Waals surface area contributed by atoms with Crippen LogP contribution in [0.3, 0.4) is 0 Å². The summed E-state index contributed by atoms with van der Waals surface area (Å²) < 4.78 is 4.85. The molecule has 0 aromatic carbocycles. The molecular weight excluding hydrogens is 224 g/mol. The first-order chi connectivity index (χ1) is 7.85. The van der Waals surface area contributed by atoms with Gasteiger partial charge < -0.3 is 19.7 Å². The van der Waals surface area contributed by atoms with E-state index >= 15 is 0 Å². The van der Waals surface area contributed by atoms with Crippen LogP contribution >= 0.6 is 0 Å². The molecule has 1 heterocycles. The Morgan fingerprint density at radius 1 is 1.53 bits per heavy atom. The van der Waals surface area contributed by atoms with E-state index < -0.39 is 17.5 Å². The van der Waals surface area contributed by atoms with E-state index in [4.69, 9.17) is 9.52 Å². The van der Waals surface area contributed by atoms with Crippen LogP contribution in [0.25, 0.3) is 0 Å². The summed E-state index contributed by atoms with van der Waals surface area (Å²) in [5.74, 6) is -1.06. The maximum atomic E-state index is 11.7. The molecule has 2 N–H and O–H groups in total. The number of urea groups is 1. The normalized spacial score (nSPS) is 11.0. The second kappa shape index (κ2) is 4.90. The maximum Gasteiger partial charge on any atom is 0.329 e. The Hall–Kier alpha value is -1.98.